The molecule has 0 aliphatic carbocycles. The smallest absolute Gasteiger partial charge is 0.333 e. The van der Waals surface area contributed by atoms with E-state index in [0.717, 1.165) is 12.5 Å². The van der Waals surface area contributed by atoms with E-state index >= 15 is 0 Å². The second-order valence-corrected chi connectivity index (χ2v) is 7.52. The van der Waals surface area contributed by atoms with Crippen LogP contribution >= 0.6 is 0 Å². The van der Waals surface area contributed by atoms with Crippen LogP contribution in [0.2, 0.25) is 5.54 Å². The van der Waals surface area contributed by atoms with Gasteiger partial charge in [-0.15, -0.1) is 0 Å². The van der Waals surface area contributed by atoms with Gasteiger partial charge in [0, 0.05) is 30.9 Å². The molecule has 0 bridgehead atoms. The van der Waals surface area contributed by atoms with Crippen molar-refractivity contribution in [3.8, 4) is 0 Å². The minimum Gasteiger partial charge on any atom is -0.463 e. The van der Waals surface area contributed by atoms with Gasteiger partial charge >= 0.3 is 21.2 Å². The van der Waals surface area contributed by atoms with E-state index in [1.54, 1.807) is 14.0 Å². The Labute approximate surface area is 140 Å². The van der Waals surface area contributed by atoms with Crippen molar-refractivity contribution in [3.05, 3.63) is 24.8 Å². The number of ether oxygens (including phenoxy) is 2. The van der Waals surface area contributed by atoms with Crippen LogP contribution in [0.5, 0.6) is 0 Å². The maximum Gasteiger partial charge on any atom is 0.333 e. The molecule has 0 radical (unpaired) electrons. The highest BCUT2D eigenvalue weighted by Crippen LogP contribution is 2.23. The molecule has 0 aromatic rings. The highest BCUT2D eigenvalue weighted by atomic mass is 28.3. The predicted octanol–water partition coefficient (Wildman–Crippen LogP) is 2.28. The number of esters is 2. The van der Waals surface area contributed by atoms with Gasteiger partial charge in [-0.3, -0.25) is 0 Å². The molecular formula is C16H28O6Si. The van der Waals surface area contributed by atoms with Crippen LogP contribution in [0.15, 0.2) is 24.8 Å². The zero-order valence-electron chi connectivity index (χ0n) is 14.3. The summed E-state index contributed by atoms with van der Waals surface area (Å²) in [6.07, 6.45) is 3.26. The van der Waals surface area contributed by atoms with E-state index in [2.05, 4.69) is 13.2 Å². The van der Waals surface area contributed by atoms with E-state index in [1.165, 1.54) is 0 Å². The first-order valence-corrected chi connectivity index (χ1v) is 9.33. The highest BCUT2D eigenvalue weighted by Gasteiger charge is 2.25. The van der Waals surface area contributed by atoms with Gasteiger partial charge in [-0.05, 0) is 33.1 Å². The number of rotatable bonds is 13. The molecule has 0 saturated heterocycles. The third-order valence-electron chi connectivity index (χ3n) is 3.15. The number of carbonyl (C=O) groups excluding carboxylic acids is 2. The SMILES string of the molecule is C=CC(=O)OCCCC(CCOC(=O)C(=C)C)[SiH](OC)OCC. The first-order valence-electron chi connectivity index (χ1n) is 7.72. The zero-order chi connectivity index (χ0) is 17.7. The summed E-state index contributed by atoms with van der Waals surface area (Å²) >= 11 is 0. The van der Waals surface area contributed by atoms with Gasteiger partial charge < -0.3 is 18.3 Å². The van der Waals surface area contributed by atoms with Crippen LogP contribution in [0.25, 0.3) is 0 Å². The third-order valence-corrected chi connectivity index (χ3v) is 5.71. The number of carbonyl (C=O) groups is 2. The molecule has 7 heteroatoms. The van der Waals surface area contributed by atoms with Gasteiger partial charge in [0.15, 0.2) is 0 Å². The van der Waals surface area contributed by atoms with Gasteiger partial charge in [-0.2, -0.15) is 0 Å². The summed E-state index contributed by atoms with van der Waals surface area (Å²) < 4.78 is 21.3. The average molecular weight is 344 g/mol. The minimum absolute atomic E-state index is 0.167. The van der Waals surface area contributed by atoms with E-state index in [4.69, 9.17) is 18.3 Å². The van der Waals surface area contributed by atoms with E-state index < -0.39 is 21.2 Å². The molecular weight excluding hydrogens is 316 g/mol. The Bertz CT molecular complexity index is 396. The second kappa shape index (κ2) is 13.0. The molecule has 0 spiro atoms. The van der Waals surface area contributed by atoms with Crippen molar-refractivity contribution in [2.24, 2.45) is 0 Å². The molecule has 0 fully saturated rings. The number of hydrogen-bond acceptors (Lipinski definition) is 6. The fourth-order valence-corrected chi connectivity index (χ4v) is 4.02. The molecule has 0 amide bonds. The lowest BCUT2D eigenvalue weighted by molar-refractivity contribution is -0.139. The molecule has 132 valence electrons. The molecule has 0 heterocycles. The molecule has 0 aromatic carbocycles. The van der Waals surface area contributed by atoms with Crippen LogP contribution in [0.4, 0.5) is 0 Å². The Hall–Kier alpha value is -1.44. The Morgan fingerprint density at radius 3 is 2.43 bits per heavy atom. The van der Waals surface area contributed by atoms with Crippen molar-refractivity contribution < 1.29 is 27.9 Å². The van der Waals surface area contributed by atoms with Gasteiger partial charge in [-0.25, -0.2) is 9.59 Å². The summed E-state index contributed by atoms with van der Waals surface area (Å²) in [6.45, 7) is 11.6. The van der Waals surface area contributed by atoms with Crippen molar-refractivity contribution in [1.82, 2.24) is 0 Å². The summed E-state index contributed by atoms with van der Waals surface area (Å²) in [5.74, 6) is -0.821. The Morgan fingerprint density at radius 1 is 1.22 bits per heavy atom. The first-order chi connectivity index (χ1) is 11.0. The fraction of sp³-hybridized carbons (Fsp3) is 0.625. The fourth-order valence-electron chi connectivity index (χ4n) is 1.98. The lowest BCUT2D eigenvalue weighted by Gasteiger charge is -2.23. The van der Waals surface area contributed by atoms with Crippen LogP contribution in [0.1, 0.15) is 33.1 Å². The molecule has 0 rings (SSSR count). The molecule has 0 aromatic heterocycles. The summed E-state index contributed by atoms with van der Waals surface area (Å²) in [4.78, 5) is 22.4. The van der Waals surface area contributed by atoms with Crippen LogP contribution in [-0.4, -0.2) is 48.2 Å². The normalized spacial score (nSPS) is 13.0. The lowest BCUT2D eigenvalue weighted by Crippen LogP contribution is -2.29. The van der Waals surface area contributed by atoms with Crippen LogP contribution < -0.4 is 0 Å². The zero-order valence-corrected chi connectivity index (χ0v) is 15.5. The average Bonchev–Trinajstić information content (AvgIpc) is 2.54. The molecule has 0 aliphatic rings. The largest absolute Gasteiger partial charge is 0.463 e. The topological polar surface area (TPSA) is 71.1 Å². The van der Waals surface area contributed by atoms with Crippen molar-refractivity contribution >= 4 is 21.2 Å². The van der Waals surface area contributed by atoms with Gasteiger partial charge in [0.1, 0.15) is 0 Å². The lowest BCUT2D eigenvalue weighted by atomic mass is 10.2. The monoisotopic (exact) mass is 344 g/mol. The van der Waals surface area contributed by atoms with E-state index in [0.29, 0.717) is 38.2 Å². The summed E-state index contributed by atoms with van der Waals surface area (Å²) in [7, 11) is -0.228. The maximum absolute atomic E-state index is 11.4. The summed E-state index contributed by atoms with van der Waals surface area (Å²) in [5, 5.41) is 0. The van der Waals surface area contributed by atoms with Crippen LogP contribution in [0.3, 0.4) is 0 Å². The molecule has 0 saturated carbocycles. The molecule has 0 N–H and O–H groups in total. The maximum atomic E-state index is 11.4. The van der Waals surface area contributed by atoms with Crippen molar-refractivity contribution in [2.75, 3.05) is 26.9 Å². The second-order valence-electron chi connectivity index (χ2n) is 5.04. The molecule has 23 heavy (non-hydrogen) atoms. The van der Waals surface area contributed by atoms with Gasteiger partial charge in [0.25, 0.3) is 0 Å². The van der Waals surface area contributed by atoms with Crippen molar-refractivity contribution in [2.45, 2.75) is 38.7 Å². The Kier molecular flexibility index (Phi) is 12.2. The van der Waals surface area contributed by atoms with Crippen LogP contribution in [-0.2, 0) is 27.9 Å². The molecule has 0 aliphatic heterocycles. The van der Waals surface area contributed by atoms with Gasteiger partial charge in [0.2, 0.25) is 0 Å². The van der Waals surface area contributed by atoms with Crippen molar-refractivity contribution in [3.63, 3.8) is 0 Å². The third kappa shape index (κ3) is 10.0. The van der Waals surface area contributed by atoms with Crippen LogP contribution in [0, 0.1) is 0 Å². The molecule has 2 unspecified atom stereocenters. The highest BCUT2D eigenvalue weighted by molar-refractivity contribution is 6.46. The summed E-state index contributed by atoms with van der Waals surface area (Å²) in [6, 6.07) is 0. The standard InChI is InChI=1S/C16H28O6Si/c1-6-15(17)20-11-8-9-14(23(19-5)22-7-2)10-12-21-16(18)13(3)4/h6,14,23H,1,3,7-12H2,2,4-5H3. The van der Waals surface area contributed by atoms with E-state index in [-0.39, 0.29) is 5.54 Å². The molecule has 6 nitrogen and oxygen atoms in total. The Balaban J connectivity index is 4.38. The van der Waals surface area contributed by atoms with E-state index in [1.807, 2.05) is 6.92 Å². The van der Waals surface area contributed by atoms with E-state index in [9.17, 15) is 9.59 Å². The minimum atomic E-state index is -1.86. The number of hydrogen-bond donors (Lipinski definition) is 0. The van der Waals surface area contributed by atoms with Gasteiger partial charge in [0.05, 0.1) is 13.2 Å². The van der Waals surface area contributed by atoms with Gasteiger partial charge in [-0.1, -0.05) is 13.2 Å². The predicted molar refractivity (Wildman–Crippen MR) is 90.3 cm³/mol. The van der Waals surface area contributed by atoms with Crippen molar-refractivity contribution in [1.29, 1.82) is 0 Å². The molecule has 2 atom stereocenters. The quantitative estimate of drug-likeness (QED) is 0.221. The first kappa shape index (κ1) is 21.6. The summed E-state index contributed by atoms with van der Waals surface area (Å²) in [5.41, 5.74) is 0.545. The Morgan fingerprint density at radius 2 is 1.91 bits per heavy atom.